The van der Waals surface area contributed by atoms with Gasteiger partial charge in [-0.3, -0.25) is 0 Å². The molecule has 1 saturated heterocycles. The Bertz CT molecular complexity index is 233. The van der Waals surface area contributed by atoms with Crippen molar-refractivity contribution >= 4 is 5.96 Å². The highest BCUT2D eigenvalue weighted by Gasteiger charge is 2.40. The molecule has 15 heavy (non-hydrogen) atoms. The molecule has 0 aliphatic carbocycles. The van der Waals surface area contributed by atoms with Crippen LogP contribution in [0.1, 0.15) is 19.8 Å². The highest BCUT2D eigenvalue weighted by atomic mass is 16.3. The van der Waals surface area contributed by atoms with E-state index in [4.69, 9.17) is 17.2 Å². The summed E-state index contributed by atoms with van der Waals surface area (Å²) < 4.78 is 0. The topological polar surface area (TPSA) is 123 Å². The fourth-order valence-corrected chi connectivity index (χ4v) is 1.99. The molecule has 0 amide bonds. The number of guanidine groups is 1. The Morgan fingerprint density at radius 2 is 2.27 bits per heavy atom. The lowest BCUT2D eigenvalue weighted by molar-refractivity contribution is -0.0368. The fourth-order valence-electron chi connectivity index (χ4n) is 1.99. The van der Waals surface area contributed by atoms with Gasteiger partial charge in [0.2, 0.25) is 0 Å². The second-order valence-electron chi connectivity index (χ2n) is 4.15. The summed E-state index contributed by atoms with van der Waals surface area (Å²) in [5.74, 6) is -0.159. The van der Waals surface area contributed by atoms with Gasteiger partial charge in [0.25, 0.3) is 0 Å². The molecular weight excluding hydrogens is 194 g/mol. The van der Waals surface area contributed by atoms with E-state index in [2.05, 4.69) is 10.3 Å². The van der Waals surface area contributed by atoms with Crippen molar-refractivity contribution in [3.8, 4) is 0 Å². The van der Waals surface area contributed by atoms with E-state index in [0.717, 1.165) is 19.4 Å². The number of nitrogens with one attached hydrogen (secondary N) is 1. The molecule has 6 nitrogen and oxygen atoms in total. The molecule has 6 heteroatoms. The molecule has 0 aromatic heterocycles. The second kappa shape index (κ2) is 4.78. The molecule has 1 heterocycles. The van der Waals surface area contributed by atoms with Crippen LogP contribution in [0.3, 0.4) is 0 Å². The number of hydrogen-bond donors (Lipinski definition) is 5. The predicted octanol–water partition coefficient (Wildman–Crippen LogP) is -1.70. The first-order chi connectivity index (χ1) is 6.97. The van der Waals surface area contributed by atoms with Crippen LogP contribution in [0.5, 0.6) is 0 Å². The van der Waals surface area contributed by atoms with Crippen LogP contribution in [0.15, 0.2) is 4.99 Å². The minimum Gasteiger partial charge on any atom is -0.370 e. The van der Waals surface area contributed by atoms with E-state index >= 15 is 0 Å². The summed E-state index contributed by atoms with van der Waals surface area (Å²) in [4.78, 5) is 3.89. The van der Waals surface area contributed by atoms with Crippen LogP contribution in [0.2, 0.25) is 0 Å². The number of hydrogen-bond acceptors (Lipinski definition) is 4. The minimum atomic E-state index is -1.35. The number of piperidine rings is 1. The molecule has 1 fully saturated rings. The molecule has 1 aliphatic rings. The van der Waals surface area contributed by atoms with Crippen molar-refractivity contribution < 1.29 is 5.11 Å². The number of aliphatic hydroxyl groups is 1. The molecule has 0 bridgehead atoms. The van der Waals surface area contributed by atoms with Crippen molar-refractivity contribution in [2.24, 2.45) is 28.1 Å². The largest absolute Gasteiger partial charge is 0.370 e. The van der Waals surface area contributed by atoms with Crippen molar-refractivity contribution in [2.45, 2.75) is 31.5 Å². The average Bonchev–Trinajstić information content (AvgIpc) is 2.17. The Balaban J connectivity index is 2.84. The fraction of sp³-hybridized carbons (Fsp3) is 0.889. The van der Waals surface area contributed by atoms with Gasteiger partial charge in [0.05, 0.1) is 6.04 Å². The molecule has 1 aliphatic heterocycles. The van der Waals surface area contributed by atoms with Gasteiger partial charge in [0.1, 0.15) is 0 Å². The van der Waals surface area contributed by atoms with E-state index in [1.807, 2.05) is 0 Å². The molecular formula is C9H21N5O. The summed E-state index contributed by atoms with van der Waals surface area (Å²) in [6, 6.07) is -0.496. The quantitative estimate of drug-likeness (QED) is 0.283. The third-order valence-electron chi connectivity index (χ3n) is 2.88. The van der Waals surface area contributed by atoms with Gasteiger partial charge in [-0.25, -0.2) is 4.99 Å². The van der Waals surface area contributed by atoms with Crippen LogP contribution in [-0.2, 0) is 0 Å². The van der Waals surface area contributed by atoms with Gasteiger partial charge in [0.15, 0.2) is 11.7 Å². The Kier molecular flexibility index (Phi) is 3.90. The molecule has 2 unspecified atom stereocenters. The van der Waals surface area contributed by atoms with Crippen molar-refractivity contribution in [1.29, 1.82) is 0 Å². The zero-order valence-corrected chi connectivity index (χ0v) is 9.11. The van der Waals surface area contributed by atoms with E-state index in [1.165, 1.54) is 0 Å². The Morgan fingerprint density at radius 3 is 2.67 bits per heavy atom. The van der Waals surface area contributed by atoms with Crippen LogP contribution in [0, 0.1) is 5.92 Å². The second-order valence-corrected chi connectivity index (χ2v) is 4.15. The highest BCUT2D eigenvalue weighted by molar-refractivity contribution is 5.76. The first kappa shape index (κ1) is 12.2. The average molecular weight is 215 g/mol. The van der Waals surface area contributed by atoms with E-state index in [-0.39, 0.29) is 11.9 Å². The molecule has 0 aromatic rings. The van der Waals surface area contributed by atoms with Crippen molar-refractivity contribution in [3.05, 3.63) is 0 Å². The molecule has 0 saturated carbocycles. The van der Waals surface area contributed by atoms with Crippen molar-refractivity contribution in [3.63, 3.8) is 0 Å². The Hall–Kier alpha value is -0.850. The zero-order chi connectivity index (χ0) is 11.5. The maximum Gasteiger partial charge on any atom is 0.188 e. The number of nitrogens with zero attached hydrogens (tertiary/aromatic N) is 1. The van der Waals surface area contributed by atoms with Gasteiger partial charge < -0.3 is 27.6 Å². The summed E-state index contributed by atoms with van der Waals surface area (Å²) in [6.07, 6.45) is 1.88. The molecule has 0 radical (unpaired) electrons. The SMILES string of the molecule is C[C@H](N)C(O)(N=C(N)N)C1CCCNC1. The molecule has 0 spiro atoms. The maximum atomic E-state index is 10.4. The number of aliphatic imine (C=N–C) groups is 1. The predicted molar refractivity (Wildman–Crippen MR) is 60.0 cm³/mol. The molecule has 88 valence electrons. The van der Waals surface area contributed by atoms with Crippen LogP contribution in [0.25, 0.3) is 0 Å². The van der Waals surface area contributed by atoms with Gasteiger partial charge in [-0.2, -0.15) is 0 Å². The normalized spacial score (nSPS) is 27.8. The van der Waals surface area contributed by atoms with Crippen molar-refractivity contribution in [2.75, 3.05) is 13.1 Å². The van der Waals surface area contributed by atoms with E-state index in [1.54, 1.807) is 6.92 Å². The van der Waals surface area contributed by atoms with Gasteiger partial charge in [0, 0.05) is 12.5 Å². The van der Waals surface area contributed by atoms with E-state index in [0.29, 0.717) is 6.54 Å². The Morgan fingerprint density at radius 1 is 1.60 bits per heavy atom. The van der Waals surface area contributed by atoms with Crippen LogP contribution in [0.4, 0.5) is 0 Å². The Labute approximate surface area is 89.9 Å². The first-order valence-corrected chi connectivity index (χ1v) is 5.26. The minimum absolute atomic E-state index is 0.0339. The smallest absolute Gasteiger partial charge is 0.188 e. The zero-order valence-electron chi connectivity index (χ0n) is 9.11. The van der Waals surface area contributed by atoms with E-state index < -0.39 is 11.8 Å². The number of rotatable bonds is 3. The lowest BCUT2D eigenvalue weighted by Crippen LogP contribution is -2.56. The summed E-state index contributed by atoms with van der Waals surface area (Å²) in [7, 11) is 0. The van der Waals surface area contributed by atoms with Gasteiger partial charge in [-0.1, -0.05) is 0 Å². The molecule has 1 rings (SSSR count). The lowest BCUT2D eigenvalue weighted by Gasteiger charge is -2.38. The van der Waals surface area contributed by atoms with Crippen molar-refractivity contribution in [1.82, 2.24) is 5.32 Å². The summed E-state index contributed by atoms with van der Waals surface area (Å²) in [6.45, 7) is 3.36. The standard InChI is InChI=1S/C9H21N5O/c1-6(10)9(15,14-8(11)12)7-3-2-4-13-5-7/h6-7,13,15H,2-5,10H2,1H3,(H4,11,12,14)/t6-,7?,9?/m0/s1. The van der Waals surface area contributed by atoms with Crippen LogP contribution >= 0.6 is 0 Å². The summed E-state index contributed by atoms with van der Waals surface area (Å²) >= 11 is 0. The highest BCUT2D eigenvalue weighted by Crippen LogP contribution is 2.27. The molecule has 0 aromatic carbocycles. The third-order valence-corrected chi connectivity index (χ3v) is 2.88. The summed E-state index contributed by atoms with van der Waals surface area (Å²) in [5, 5.41) is 13.6. The van der Waals surface area contributed by atoms with Crippen LogP contribution in [-0.4, -0.2) is 35.9 Å². The number of nitrogens with two attached hydrogens (primary N) is 3. The van der Waals surface area contributed by atoms with E-state index in [9.17, 15) is 5.11 Å². The third kappa shape index (κ3) is 2.80. The lowest BCUT2D eigenvalue weighted by atomic mass is 9.85. The molecule has 3 atom stereocenters. The monoisotopic (exact) mass is 215 g/mol. The van der Waals surface area contributed by atoms with Crippen LogP contribution < -0.4 is 22.5 Å². The summed E-state index contributed by atoms with van der Waals surface area (Å²) in [5.41, 5.74) is 15.0. The van der Waals surface area contributed by atoms with Gasteiger partial charge in [-0.15, -0.1) is 0 Å². The van der Waals surface area contributed by atoms with Gasteiger partial charge >= 0.3 is 0 Å². The molecule has 8 N–H and O–H groups in total. The van der Waals surface area contributed by atoms with Gasteiger partial charge in [-0.05, 0) is 26.3 Å². The maximum absolute atomic E-state index is 10.4. The first-order valence-electron chi connectivity index (χ1n) is 5.26.